The van der Waals surface area contributed by atoms with Gasteiger partial charge in [0.15, 0.2) is 5.52 Å². The largest absolute Gasteiger partial charge is 0.264 e. The molecular formula is C13H12N4O3S. The third kappa shape index (κ3) is 2.63. The molecule has 8 heteroatoms. The molecule has 0 radical (unpaired) electrons. The Balaban J connectivity index is 1.96. The van der Waals surface area contributed by atoms with E-state index in [2.05, 4.69) is 24.6 Å². The summed E-state index contributed by atoms with van der Waals surface area (Å²) in [5, 5.41) is 7.29. The number of rotatable bonds is 4. The van der Waals surface area contributed by atoms with Gasteiger partial charge in [-0.25, -0.2) is 17.8 Å². The van der Waals surface area contributed by atoms with Crippen molar-refractivity contribution in [1.29, 1.82) is 0 Å². The normalized spacial score (nSPS) is 13.4. The highest BCUT2D eigenvalue weighted by atomic mass is 32.2. The van der Waals surface area contributed by atoms with Gasteiger partial charge < -0.3 is 0 Å². The van der Waals surface area contributed by atoms with Crippen molar-refractivity contribution in [3.8, 4) is 0 Å². The first-order chi connectivity index (χ1) is 10.1. The van der Waals surface area contributed by atoms with Crippen molar-refractivity contribution in [2.75, 3.05) is 0 Å². The molecule has 7 nitrogen and oxygen atoms in total. The molecule has 0 amide bonds. The van der Waals surface area contributed by atoms with Crippen molar-refractivity contribution in [1.82, 2.24) is 20.0 Å². The highest BCUT2D eigenvalue weighted by Gasteiger charge is 2.22. The second-order valence-electron chi connectivity index (χ2n) is 4.52. The molecule has 0 saturated carbocycles. The van der Waals surface area contributed by atoms with E-state index >= 15 is 0 Å². The molecule has 0 fully saturated rings. The summed E-state index contributed by atoms with van der Waals surface area (Å²) in [6.07, 6.45) is 3.25. The van der Waals surface area contributed by atoms with Crippen LogP contribution in [-0.2, 0) is 10.0 Å². The minimum atomic E-state index is -3.74. The van der Waals surface area contributed by atoms with Crippen LogP contribution in [0.4, 0.5) is 0 Å². The SMILES string of the molecule is CC(NS(=O)(=O)c1cccc2nonc12)c1cccnc1. The third-order valence-corrected chi connectivity index (χ3v) is 4.63. The standard InChI is InChI=1S/C13H12N4O3S/c1-9(10-4-3-7-14-8-10)17-21(18,19)12-6-2-5-11-13(12)16-20-15-11/h2-9,17H,1H3. The van der Waals surface area contributed by atoms with Gasteiger partial charge in [0.1, 0.15) is 10.4 Å². The van der Waals surface area contributed by atoms with Crippen molar-refractivity contribution >= 4 is 21.1 Å². The van der Waals surface area contributed by atoms with Crippen molar-refractivity contribution in [3.63, 3.8) is 0 Å². The van der Waals surface area contributed by atoms with E-state index in [-0.39, 0.29) is 10.4 Å². The minimum Gasteiger partial charge on any atom is -0.264 e. The average molecular weight is 304 g/mol. The highest BCUT2D eigenvalue weighted by Crippen LogP contribution is 2.22. The maximum Gasteiger partial charge on any atom is 0.243 e. The van der Waals surface area contributed by atoms with Gasteiger partial charge in [-0.2, -0.15) is 0 Å². The van der Waals surface area contributed by atoms with Crippen molar-refractivity contribution in [2.24, 2.45) is 0 Å². The Morgan fingerprint density at radius 1 is 1.19 bits per heavy atom. The summed E-state index contributed by atoms with van der Waals surface area (Å²) in [6.45, 7) is 1.75. The number of benzene rings is 1. The smallest absolute Gasteiger partial charge is 0.243 e. The fourth-order valence-corrected chi connectivity index (χ4v) is 3.38. The first-order valence-electron chi connectivity index (χ1n) is 6.21. The molecule has 0 aliphatic carbocycles. The molecule has 1 aromatic carbocycles. The maximum absolute atomic E-state index is 12.5. The number of nitrogens with zero attached hydrogens (tertiary/aromatic N) is 3. The van der Waals surface area contributed by atoms with E-state index in [9.17, 15) is 8.42 Å². The zero-order valence-electron chi connectivity index (χ0n) is 11.1. The van der Waals surface area contributed by atoms with E-state index in [1.165, 1.54) is 6.07 Å². The number of pyridine rings is 1. The Morgan fingerprint density at radius 3 is 2.81 bits per heavy atom. The van der Waals surface area contributed by atoms with Crippen LogP contribution in [0.1, 0.15) is 18.5 Å². The lowest BCUT2D eigenvalue weighted by Crippen LogP contribution is -2.27. The summed E-state index contributed by atoms with van der Waals surface area (Å²) in [7, 11) is -3.74. The summed E-state index contributed by atoms with van der Waals surface area (Å²) >= 11 is 0. The number of sulfonamides is 1. The van der Waals surface area contributed by atoms with Gasteiger partial charge >= 0.3 is 0 Å². The van der Waals surface area contributed by atoms with Crippen molar-refractivity contribution in [2.45, 2.75) is 17.9 Å². The van der Waals surface area contributed by atoms with Crippen LogP contribution in [0, 0.1) is 0 Å². The van der Waals surface area contributed by atoms with Crippen LogP contribution in [0.25, 0.3) is 11.0 Å². The second kappa shape index (κ2) is 5.23. The summed E-state index contributed by atoms with van der Waals surface area (Å²) in [5.74, 6) is 0. The van der Waals surface area contributed by atoms with Gasteiger partial charge in [0.25, 0.3) is 0 Å². The Kier molecular flexibility index (Phi) is 3.40. The zero-order chi connectivity index (χ0) is 14.9. The molecule has 3 rings (SSSR count). The van der Waals surface area contributed by atoms with Crippen molar-refractivity contribution in [3.05, 3.63) is 48.3 Å². The van der Waals surface area contributed by atoms with E-state index in [1.807, 2.05) is 0 Å². The molecule has 0 spiro atoms. The average Bonchev–Trinajstić information content (AvgIpc) is 2.95. The van der Waals surface area contributed by atoms with E-state index in [1.54, 1.807) is 43.6 Å². The van der Waals surface area contributed by atoms with Crippen LogP contribution in [0.15, 0.2) is 52.3 Å². The Bertz CT molecular complexity index is 861. The summed E-state index contributed by atoms with van der Waals surface area (Å²) in [4.78, 5) is 4.02. The Morgan fingerprint density at radius 2 is 2.05 bits per heavy atom. The van der Waals surface area contributed by atoms with Gasteiger partial charge in [-0.15, -0.1) is 0 Å². The summed E-state index contributed by atoms with van der Waals surface area (Å²) in [6, 6.07) is 7.83. The molecule has 1 unspecified atom stereocenters. The lowest BCUT2D eigenvalue weighted by atomic mass is 10.2. The minimum absolute atomic E-state index is 0.0389. The number of hydrogen-bond donors (Lipinski definition) is 1. The van der Waals surface area contributed by atoms with E-state index < -0.39 is 16.1 Å². The van der Waals surface area contributed by atoms with Crippen LogP contribution in [-0.4, -0.2) is 23.7 Å². The lowest BCUT2D eigenvalue weighted by Gasteiger charge is -2.14. The molecule has 0 aliphatic rings. The summed E-state index contributed by atoms with van der Waals surface area (Å²) < 4.78 is 32.2. The molecule has 0 saturated heterocycles. The molecule has 0 bridgehead atoms. The molecule has 1 N–H and O–H groups in total. The Labute approximate surface area is 121 Å². The van der Waals surface area contributed by atoms with Crippen LogP contribution < -0.4 is 4.72 Å². The van der Waals surface area contributed by atoms with Gasteiger partial charge in [0, 0.05) is 18.4 Å². The van der Waals surface area contributed by atoms with Crippen molar-refractivity contribution < 1.29 is 13.0 Å². The van der Waals surface area contributed by atoms with Crippen LogP contribution in [0.5, 0.6) is 0 Å². The molecule has 1 atom stereocenters. The predicted octanol–water partition coefficient (Wildman–Crippen LogP) is 1.66. The molecule has 2 heterocycles. The second-order valence-corrected chi connectivity index (χ2v) is 6.20. The topological polar surface area (TPSA) is 98.0 Å². The third-order valence-electron chi connectivity index (χ3n) is 3.05. The van der Waals surface area contributed by atoms with Crippen LogP contribution >= 0.6 is 0 Å². The molecule has 108 valence electrons. The fourth-order valence-electron chi connectivity index (χ4n) is 1.99. The predicted molar refractivity (Wildman–Crippen MR) is 74.8 cm³/mol. The van der Waals surface area contributed by atoms with E-state index in [4.69, 9.17) is 0 Å². The van der Waals surface area contributed by atoms with Gasteiger partial charge in [-0.05, 0) is 41.0 Å². The quantitative estimate of drug-likeness (QED) is 0.787. The van der Waals surface area contributed by atoms with E-state index in [0.717, 1.165) is 5.56 Å². The van der Waals surface area contributed by atoms with Gasteiger partial charge in [0.2, 0.25) is 10.0 Å². The molecule has 2 aromatic heterocycles. The van der Waals surface area contributed by atoms with Gasteiger partial charge in [-0.3, -0.25) is 4.98 Å². The monoisotopic (exact) mass is 304 g/mol. The van der Waals surface area contributed by atoms with Crippen LogP contribution in [0.3, 0.4) is 0 Å². The summed E-state index contributed by atoms with van der Waals surface area (Å²) in [5.41, 5.74) is 1.38. The molecule has 21 heavy (non-hydrogen) atoms. The van der Waals surface area contributed by atoms with Gasteiger partial charge in [0.05, 0.1) is 0 Å². The fraction of sp³-hybridized carbons (Fsp3) is 0.154. The molecular weight excluding hydrogens is 292 g/mol. The first kappa shape index (κ1) is 13.7. The lowest BCUT2D eigenvalue weighted by molar-refractivity contribution is 0.315. The van der Waals surface area contributed by atoms with Gasteiger partial charge in [-0.1, -0.05) is 12.1 Å². The zero-order valence-corrected chi connectivity index (χ0v) is 11.9. The maximum atomic E-state index is 12.5. The number of nitrogens with one attached hydrogen (secondary N) is 1. The number of aromatic nitrogens is 3. The first-order valence-corrected chi connectivity index (χ1v) is 7.70. The van der Waals surface area contributed by atoms with E-state index in [0.29, 0.717) is 5.52 Å². The number of hydrogen-bond acceptors (Lipinski definition) is 6. The Hall–Kier alpha value is -2.32. The molecule has 3 aromatic rings. The highest BCUT2D eigenvalue weighted by molar-refractivity contribution is 7.89. The number of fused-ring (bicyclic) bond motifs is 1. The van der Waals surface area contributed by atoms with Crippen LogP contribution in [0.2, 0.25) is 0 Å². The molecule has 0 aliphatic heterocycles.